The quantitative estimate of drug-likeness (QED) is 0.101. The van der Waals surface area contributed by atoms with Crippen molar-refractivity contribution in [1.82, 2.24) is 10.3 Å². The third-order valence-electron chi connectivity index (χ3n) is 6.82. The lowest BCUT2D eigenvalue weighted by Crippen LogP contribution is -2.21. The fraction of sp³-hybridized carbons (Fsp3) is 0.206. The van der Waals surface area contributed by atoms with Gasteiger partial charge in [0.05, 0.1) is 16.0 Å². The smallest absolute Gasteiger partial charge is 0.166 e. The number of Topliss-reactive ketones (excluding diaryl/α,β-unsaturated/α-hetero) is 1. The Balaban J connectivity index is 1.24. The summed E-state index contributed by atoms with van der Waals surface area (Å²) < 4.78 is 44.7. The predicted molar refractivity (Wildman–Crippen MR) is 179 cm³/mol. The number of pyridine rings is 1. The van der Waals surface area contributed by atoms with Crippen molar-refractivity contribution in [3.63, 3.8) is 0 Å². The maximum absolute atomic E-state index is 15.2. The second kappa shape index (κ2) is 14.3. The number of sulfone groups is 1. The van der Waals surface area contributed by atoms with Crippen LogP contribution in [0.15, 0.2) is 91.1 Å². The summed E-state index contributed by atoms with van der Waals surface area (Å²) in [5, 5.41) is 3.17. The normalized spacial score (nSPS) is 11.5. The maximum atomic E-state index is 15.2. The molecule has 0 atom stereocenters. The van der Waals surface area contributed by atoms with Crippen molar-refractivity contribution >= 4 is 54.3 Å². The zero-order valence-electron chi connectivity index (χ0n) is 24.1. The number of thiophene rings is 1. The van der Waals surface area contributed by atoms with Crippen LogP contribution in [0.5, 0.6) is 11.5 Å². The van der Waals surface area contributed by atoms with Crippen molar-refractivity contribution in [3.05, 3.63) is 114 Å². The summed E-state index contributed by atoms with van der Waals surface area (Å²) in [4.78, 5) is 18.5. The molecule has 44 heavy (non-hydrogen) atoms. The van der Waals surface area contributed by atoms with Gasteiger partial charge < -0.3 is 10.1 Å². The lowest BCUT2D eigenvalue weighted by atomic mass is 10.0. The molecule has 0 amide bonds. The molecule has 0 aliphatic heterocycles. The lowest BCUT2D eigenvalue weighted by Gasteiger charge is -2.10. The first kappa shape index (κ1) is 31.6. The van der Waals surface area contributed by atoms with Crippen LogP contribution in [-0.2, 0) is 34.0 Å². The highest BCUT2D eigenvalue weighted by atomic mass is 32.2. The molecule has 6 nitrogen and oxygen atoms in total. The number of fused-ring (bicyclic) bond motifs is 1. The van der Waals surface area contributed by atoms with Gasteiger partial charge in [0, 0.05) is 60.6 Å². The molecule has 0 aliphatic carbocycles. The molecule has 5 aromatic rings. The largest absolute Gasteiger partial charge is 0.453 e. The molecule has 0 saturated heterocycles. The van der Waals surface area contributed by atoms with Gasteiger partial charge in [0.25, 0.3) is 0 Å². The van der Waals surface area contributed by atoms with Crippen LogP contribution in [0, 0.1) is 5.82 Å². The number of carbonyl (C=O) groups is 1. The number of aromatic nitrogens is 1. The number of benzene rings is 3. The fourth-order valence-electron chi connectivity index (χ4n) is 4.71. The minimum Gasteiger partial charge on any atom is -0.453 e. The summed E-state index contributed by atoms with van der Waals surface area (Å²) in [5.41, 5.74) is 4.38. The van der Waals surface area contributed by atoms with E-state index in [1.54, 1.807) is 24.4 Å². The zero-order chi connectivity index (χ0) is 31.1. The van der Waals surface area contributed by atoms with Crippen molar-refractivity contribution in [2.75, 3.05) is 18.6 Å². The summed E-state index contributed by atoms with van der Waals surface area (Å²) in [7, 11) is -3.01. The van der Waals surface area contributed by atoms with Crippen molar-refractivity contribution in [2.45, 2.75) is 25.8 Å². The van der Waals surface area contributed by atoms with E-state index in [9.17, 15) is 13.2 Å². The molecule has 226 valence electrons. The molecule has 10 heteroatoms. The van der Waals surface area contributed by atoms with Gasteiger partial charge in [-0.25, -0.2) is 12.8 Å². The number of carbonyl (C=O) groups excluding carboxylic acids is 1. The highest BCUT2D eigenvalue weighted by Gasteiger charge is 2.15. The summed E-state index contributed by atoms with van der Waals surface area (Å²) in [6.45, 7) is 0.931. The third-order valence-corrected chi connectivity index (χ3v) is 9.24. The molecule has 0 bridgehead atoms. The van der Waals surface area contributed by atoms with E-state index in [1.807, 2.05) is 54.6 Å². The number of hydrogen-bond acceptors (Lipinski definition) is 8. The number of rotatable bonds is 14. The monoisotopic (exact) mass is 646 g/mol. The topological polar surface area (TPSA) is 85.4 Å². The molecule has 0 unspecified atom stereocenters. The predicted octanol–water partition coefficient (Wildman–Crippen LogP) is 7.14. The highest BCUT2D eigenvalue weighted by Crippen LogP contribution is 2.39. The molecule has 0 saturated carbocycles. The zero-order valence-corrected chi connectivity index (χ0v) is 26.5. The maximum Gasteiger partial charge on any atom is 0.166 e. The number of halogens is 1. The average Bonchev–Trinajstić information content (AvgIpc) is 3.42. The molecule has 0 fully saturated rings. The van der Waals surface area contributed by atoms with Gasteiger partial charge in [0.2, 0.25) is 0 Å². The first-order valence-corrected chi connectivity index (χ1v) is 17.3. The Bertz CT molecular complexity index is 1910. The van der Waals surface area contributed by atoms with Gasteiger partial charge in [0.15, 0.2) is 11.6 Å². The Morgan fingerprint density at radius 2 is 1.73 bits per heavy atom. The first-order chi connectivity index (χ1) is 21.1. The van der Waals surface area contributed by atoms with Gasteiger partial charge in [-0.05, 0) is 46.5 Å². The number of hydrogen-bond donors (Lipinski definition) is 1. The van der Waals surface area contributed by atoms with Crippen LogP contribution < -0.4 is 10.1 Å². The Hall–Kier alpha value is -3.83. The van der Waals surface area contributed by atoms with Crippen LogP contribution in [0.4, 0.5) is 4.39 Å². The molecular weight excluding hydrogens is 616 g/mol. The van der Waals surface area contributed by atoms with E-state index in [0.717, 1.165) is 31.8 Å². The van der Waals surface area contributed by atoms with Crippen LogP contribution in [0.3, 0.4) is 0 Å². The SMILES string of the molecule is CS(=O)(=O)CCNCc1cccc(-c2cc3nccc(Oc4ccc(CC(=S)CC(=O)Cc5ccccc5)cc4F)c3s2)c1. The summed E-state index contributed by atoms with van der Waals surface area (Å²) in [6, 6.07) is 26.0. The molecular formula is C34H31FN2O4S3. The van der Waals surface area contributed by atoms with Crippen LogP contribution >= 0.6 is 23.6 Å². The number of thiocarbonyl (C=S) groups is 1. The van der Waals surface area contributed by atoms with Gasteiger partial charge in [-0.3, -0.25) is 9.78 Å². The Kier molecular flexibility index (Phi) is 10.3. The van der Waals surface area contributed by atoms with E-state index in [4.69, 9.17) is 17.0 Å². The van der Waals surface area contributed by atoms with Crippen molar-refractivity contribution < 1.29 is 22.3 Å². The highest BCUT2D eigenvalue weighted by molar-refractivity contribution is 7.90. The molecule has 0 spiro atoms. The van der Waals surface area contributed by atoms with Gasteiger partial charge in [-0.1, -0.05) is 66.8 Å². The number of ketones is 1. The Morgan fingerprint density at radius 1 is 0.932 bits per heavy atom. The average molecular weight is 647 g/mol. The van der Waals surface area contributed by atoms with E-state index in [-0.39, 0.29) is 23.7 Å². The van der Waals surface area contributed by atoms with Gasteiger partial charge in [-0.15, -0.1) is 11.3 Å². The minimum absolute atomic E-state index is 0.0339. The van der Waals surface area contributed by atoms with E-state index in [2.05, 4.69) is 16.4 Å². The van der Waals surface area contributed by atoms with Crippen LogP contribution in [0.25, 0.3) is 20.7 Å². The Morgan fingerprint density at radius 3 is 2.50 bits per heavy atom. The van der Waals surface area contributed by atoms with Crippen molar-refractivity contribution in [3.8, 4) is 21.9 Å². The first-order valence-electron chi connectivity index (χ1n) is 14.0. The number of nitrogens with zero attached hydrogens (tertiary/aromatic N) is 1. The lowest BCUT2D eigenvalue weighted by molar-refractivity contribution is -0.117. The minimum atomic E-state index is -3.01. The van der Waals surface area contributed by atoms with Crippen molar-refractivity contribution in [1.29, 1.82) is 0 Å². The standard InChI is InChI=1S/C34H31FN2O4S3/c1-44(39,40)15-14-36-22-25-8-5-9-26(16-25)33-21-30-34(43-33)32(12-13-37-30)41-31-11-10-24(19-29(31)35)18-28(42)20-27(38)17-23-6-3-2-4-7-23/h2-13,16,19,21,36H,14-15,17-18,20,22H2,1H3. The third kappa shape index (κ3) is 8.86. The molecule has 3 aromatic carbocycles. The molecule has 1 N–H and O–H groups in total. The molecule has 5 rings (SSSR count). The van der Waals surface area contributed by atoms with Crippen LogP contribution in [0.2, 0.25) is 0 Å². The second-order valence-electron chi connectivity index (χ2n) is 10.6. The van der Waals surface area contributed by atoms with E-state index in [1.165, 1.54) is 23.7 Å². The second-order valence-corrected chi connectivity index (χ2v) is 14.5. The fourth-order valence-corrected chi connectivity index (χ4v) is 6.62. The van der Waals surface area contributed by atoms with Crippen LogP contribution in [-0.4, -0.2) is 42.6 Å². The van der Waals surface area contributed by atoms with E-state index >= 15 is 4.39 Å². The van der Waals surface area contributed by atoms with Crippen LogP contribution in [0.1, 0.15) is 23.1 Å². The molecule has 2 heterocycles. The van der Waals surface area contributed by atoms with Gasteiger partial charge >= 0.3 is 0 Å². The molecule has 0 radical (unpaired) electrons. The molecule has 2 aromatic heterocycles. The summed E-state index contributed by atoms with van der Waals surface area (Å²) >= 11 is 6.95. The van der Waals surface area contributed by atoms with Gasteiger partial charge in [0.1, 0.15) is 21.4 Å². The number of ether oxygens (including phenoxy) is 1. The summed E-state index contributed by atoms with van der Waals surface area (Å²) in [6.07, 6.45) is 3.67. The molecule has 0 aliphatic rings. The van der Waals surface area contributed by atoms with Crippen molar-refractivity contribution in [2.24, 2.45) is 0 Å². The van der Waals surface area contributed by atoms with E-state index < -0.39 is 15.7 Å². The van der Waals surface area contributed by atoms with Gasteiger partial charge in [-0.2, -0.15) is 0 Å². The van der Waals surface area contributed by atoms with E-state index in [0.29, 0.717) is 42.1 Å². The Labute approximate surface area is 265 Å². The summed E-state index contributed by atoms with van der Waals surface area (Å²) in [5.74, 6) is 0.193. The number of nitrogens with one attached hydrogen (secondary N) is 1.